The van der Waals surface area contributed by atoms with Gasteiger partial charge < -0.3 is 5.32 Å². The lowest BCUT2D eigenvalue weighted by Crippen LogP contribution is -2.31. The molecule has 0 unspecified atom stereocenters. The highest BCUT2D eigenvalue weighted by Crippen LogP contribution is 2.26. The zero-order valence-corrected chi connectivity index (χ0v) is 15.1. The summed E-state index contributed by atoms with van der Waals surface area (Å²) in [6, 6.07) is 5.34. The summed E-state index contributed by atoms with van der Waals surface area (Å²) in [5.41, 5.74) is 1.61. The van der Waals surface area contributed by atoms with Crippen LogP contribution in [0.1, 0.15) is 36.2 Å². The number of hydrogen-bond acceptors (Lipinski definition) is 3. The predicted octanol–water partition coefficient (Wildman–Crippen LogP) is 4.03. The Kier molecular flexibility index (Phi) is 11.0. The molecule has 1 aliphatic rings. The Labute approximate surface area is 143 Å². The van der Waals surface area contributed by atoms with Crippen LogP contribution in [0.15, 0.2) is 18.2 Å². The number of hydrogen-bond donors (Lipinski definition) is 1. The van der Waals surface area contributed by atoms with E-state index in [1.54, 1.807) is 17.0 Å². The molecule has 1 heterocycles. The molecule has 0 saturated carbocycles. The topological polar surface area (TPSA) is 32.3 Å². The molecule has 1 aliphatic heterocycles. The second kappa shape index (κ2) is 11.5. The second-order valence-corrected chi connectivity index (χ2v) is 5.54. The van der Waals surface area contributed by atoms with E-state index in [4.69, 9.17) is 11.6 Å². The lowest BCUT2D eigenvalue weighted by molar-refractivity contribution is 0.0124. The van der Waals surface area contributed by atoms with Gasteiger partial charge in [-0.25, -0.2) is 8.78 Å². The fourth-order valence-electron chi connectivity index (χ4n) is 2.00. The van der Waals surface area contributed by atoms with Crippen molar-refractivity contribution < 1.29 is 13.6 Å². The molecule has 0 amide bonds. The van der Waals surface area contributed by atoms with Crippen molar-refractivity contribution in [2.75, 3.05) is 33.2 Å². The van der Waals surface area contributed by atoms with Gasteiger partial charge in [0.1, 0.15) is 0 Å². The molecule has 1 fully saturated rings. The number of aryl methyl sites for hydroxylation is 1. The number of rotatable bonds is 4. The number of aldehydes is 1. The van der Waals surface area contributed by atoms with E-state index in [-0.39, 0.29) is 13.0 Å². The Morgan fingerprint density at radius 1 is 1.39 bits per heavy atom. The molecule has 1 saturated heterocycles. The number of carbonyl (C=O) groups is 1. The van der Waals surface area contributed by atoms with Crippen molar-refractivity contribution in [3.63, 3.8) is 0 Å². The van der Waals surface area contributed by atoms with E-state index in [0.717, 1.165) is 24.9 Å². The Hall–Kier alpha value is -1.04. The highest BCUT2D eigenvalue weighted by atomic mass is 35.5. The fourth-order valence-corrected chi connectivity index (χ4v) is 2.28. The molecule has 0 bridgehead atoms. The van der Waals surface area contributed by atoms with Crippen LogP contribution in [0.2, 0.25) is 5.02 Å². The first kappa shape index (κ1) is 22.0. The molecule has 132 valence electrons. The minimum Gasteiger partial charge on any atom is -0.318 e. The normalized spacial score (nSPS) is 16.0. The zero-order valence-electron chi connectivity index (χ0n) is 14.3. The smallest absolute Gasteiger partial charge is 0.261 e. The molecule has 1 N–H and O–H groups in total. The maximum absolute atomic E-state index is 12.6. The first-order valence-electron chi connectivity index (χ1n) is 7.84. The first-order chi connectivity index (χ1) is 10.9. The monoisotopic (exact) mass is 348 g/mol. The summed E-state index contributed by atoms with van der Waals surface area (Å²) in [6.45, 7) is 7.92. The van der Waals surface area contributed by atoms with Crippen LogP contribution in [-0.2, 0) is 0 Å². The highest BCUT2D eigenvalue weighted by Gasteiger charge is 2.37. The van der Waals surface area contributed by atoms with Crippen LogP contribution in [0.5, 0.6) is 0 Å². The fraction of sp³-hybridized carbons (Fsp3) is 0.588. The molecule has 1 aromatic carbocycles. The number of nitrogens with one attached hydrogen (secondary N) is 1. The molecule has 0 atom stereocenters. The molecule has 0 aliphatic carbocycles. The van der Waals surface area contributed by atoms with Crippen molar-refractivity contribution in [3.8, 4) is 0 Å². The van der Waals surface area contributed by atoms with Gasteiger partial charge in [-0.3, -0.25) is 9.69 Å². The minimum atomic E-state index is -2.44. The quantitative estimate of drug-likeness (QED) is 0.834. The van der Waals surface area contributed by atoms with Crippen LogP contribution in [0.25, 0.3) is 0 Å². The van der Waals surface area contributed by atoms with E-state index in [1.807, 2.05) is 33.9 Å². The maximum Gasteiger partial charge on any atom is 0.261 e. The largest absolute Gasteiger partial charge is 0.318 e. The van der Waals surface area contributed by atoms with Crippen LogP contribution < -0.4 is 5.32 Å². The average Bonchev–Trinajstić information content (AvgIpc) is 2.87. The van der Waals surface area contributed by atoms with Crippen molar-refractivity contribution in [3.05, 3.63) is 34.3 Å². The predicted molar refractivity (Wildman–Crippen MR) is 92.9 cm³/mol. The van der Waals surface area contributed by atoms with Crippen molar-refractivity contribution >= 4 is 17.9 Å². The third-order valence-corrected chi connectivity index (χ3v) is 3.54. The van der Waals surface area contributed by atoms with Gasteiger partial charge in [-0.1, -0.05) is 31.5 Å². The van der Waals surface area contributed by atoms with E-state index in [2.05, 4.69) is 5.32 Å². The van der Waals surface area contributed by atoms with Gasteiger partial charge in [0.2, 0.25) is 0 Å². The van der Waals surface area contributed by atoms with Gasteiger partial charge in [-0.05, 0) is 31.7 Å². The number of nitrogens with zero attached hydrogens (tertiary/aromatic N) is 1. The molecule has 2 rings (SSSR count). The standard InChI is InChI=1S/C8H7ClO.C7H14F2N2.C2H6/c1-6-2-3-7(5-10)8(9)4-6;1-10-3-5-11-4-2-7(8,9)6-11;1-2/h2-5H,1H3;10H,2-6H2,1H3;1-2H3. The summed E-state index contributed by atoms with van der Waals surface area (Å²) < 4.78 is 25.1. The minimum absolute atomic E-state index is 0.0245. The zero-order chi connectivity index (χ0) is 17.9. The van der Waals surface area contributed by atoms with E-state index >= 15 is 0 Å². The van der Waals surface area contributed by atoms with E-state index in [1.165, 1.54) is 0 Å². The lowest BCUT2D eigenvalue weighted by Gasteiger charge is -2.14. The Morgan fingerprint density at radius 3 is 2.48 bits per heavy atom. The molecular formula is C17H27ClF2N2O. The van der Waals surface area contributed by atoms with E-state index in [9.17, 15) is 13.6 Å². The summed E-state index contributed by atoms with van der Waals surface area (Å²) in [5, 5.41) is 3.46. The van der Waals surface area contributed by atoms with E-state index < -0.39 is 5.92 Å². The third kappa shape index (κ3) is 8.98. The molecule has 0 radical (unpaired) electrons. The van der Waals surface area contributed by atoms with Crippen molar-refractivity contribution in [1.29, 1.82) is 0 Å². The van der Waals surface area contributed by atoms with Gasteiger partial charge in [0.15, 0.2) is 6.29 Å². The number of benzene rings is 1. The van der Waals surface area contributed by atoms with Crippen LogP contribution in [0, 0.1) is 6.92 Å². The van der Waals surface area contributed by atoms with Crippen molar-refractivity contribution in [2.24, 2.45) is 0 Å². The number of likely N-dealkylation sites (N-methyl/N-ethyl adjacent to an activating group) is 1. The molecule has 3 nitrogen and oxygen atoms in total. The van der Waals surface area contributed by atoms with Gasteiger partial charge in [0.05, 0.1) is 11.6 Å². The third-order valence-electron chi connectivity index (χ3n) is 3.21. The molecule has 23 heavy (non-hydrogen) atoms. The summed E-state index contributed by atoms with van der Waals surface area (Å²) in [5.74, 6) is -2.44. The Bertz CT molecular complexity index is 470. The van der Waals surface area contributed by atoms with Gasteiger partial charge in [-0.15, -0.1) is 0 Å². The molecule has 1 aromatic rings. The van der Waals surface area contributed by atoms with Gasteiger partial charge >= 0.3 is 0 Å². The number of carbonyl (C=O) groups excluding carboxylic acids is 1. The number of halogens is 3. The number of likely N-dealkylation sites (tertiary alicyclic amines) is 1. The molecule has 0 aromatic heterocycles. The summed E-state index contributed by atoms with van der Waals surface area (Å²) in [7, 11) is 1.83. The molecular weight excluding hydrogens is 322 g/mol. The molecule has 6 heteroatoms. The summed E-state index contributed by atoms with van der Waals surface area (Å²) in [4.78, 5) is 12.0. The average molecular weight is 349 g/mol. The second-order valence-electron chi connectivity index (χ2n) is 5.13. The highest BCUT2D eigenvalue weighted by molar-refractivity contribution is 6.33. The van der Waals surface area contributed by atoms with Crippen LogP contribution in [-0.4, -0.2) is 50.3 Å². The Balaban J connectivity index is 0.000000381. The first-order valence-corrected chi connectivity index (χ1v) is 8.22. The van der Waals surface area contributed by atoms with Crippen molar-refractivity contribution in [1.82, 2.24) is 10.2 Å². The van der Waals surface area contributed by atoms with Crippen LogP contribution >= 0.6 is 11.6 Å². The number of alkyl halides is 2. The summed E-state index contributed by atoms with van der Waals surface area (Å²) >= 11 is 5.70. The van der Waals surface area contributed by atoms with Crippen molar-refractivity contribution in [2.45, 2.75) is 33.1 Å². The van der Waals surface area contributed by atoms with Gasteiger partial charge in [0.25, 0.3) is 5.92 Å². The van der Waals surface area contributed by atoms with Gasteiger partial charge in [0, 0.05) is 31.6 Å². The molecule has 0 spiro atoms. The lowest BCUT2D eigenvalue weighted by atomic mass is 10.2. The van der Waals surface area contributed by atoms with Crippen LogP contribution in [0.4, 0.5) is 8.78 Å². The summed E-state index contributed by atoms with van der Waals surface area (Å²) in [6.07, 6.45) is 0.776. The Morgan fingerprint density at radius 2 is 2.04 bits per heavy atom. The van der Waals surface area contributed by atoms with E-state index in [0.29, 0.717) is 17.1 Å². The van der Waals surface area contributed by atoms with Gasteiger partial charge in [-0.2, -0.15) is 0 Å². The van der Waals surface area contributed by atoms with Crippen LogP contribution in [0.3, 0.4) is 0 Å². The maximum atomic E-state index is 12.6. The SMILES string of the molecule is CC.CNCCN1CCC(F)(F)C1.Cc1ccc(C=O)c(Cl)c1.